The monoisotopic (exact) mass is 728 g/mol. The molecule has 1 aliphatic heterocycles. The Morgan fingerprint density at radius 2 is 1.75 bits per heavy atom. The van der Waals surface area contributed by atoms with Crippen molar-refractivity contribution in [1.82, 2.24) is 20.6 Å². The SMILES string of the molecule is C[C@]1(C(=O)NCCCc2ccccc2)COc2c1cc(C(O)(CNC(=O)c1cc(OC3CC3)c3ncccc3c1)C(F)(F)F)nc2-c1ccc(F)cc1. The highest BCUT2D eigenvalue weighted by molar-refractivity contribution is 6.00. The molecule has 9 nitrogen and oxygen atoms in total. The molecule has 0 spiro atoms. The van der Waals surface area contributed by atoms with Gasteiger partial charge in [0, 0.05) is 34.8 Å². The molecule has 3 heterocycles. The average Bonchev–Trinajstić information content (AvgIpc) is 3.91. The third kappa shape index (κ3) is 7.25. The lowest BCUT2D eigenvalue weighted by atomic mass is 9.81. The fraction of sp³-hybridized carbons (Fsp3) is 0.300. The third-order valence-electron chi connectivity index (χ3n) is 9.61. The largest absolute Gasteiger partial charge is 0.489 e. The minimum atomic E-state index is -5.36. The second-order valence-corrected chi connectivity index (χ2v) is 13.6. The van der Waals surface area contributed by atoms with Crippen molar-refractivity contribution in [1.29, 1.82) is 0 Å². The van der Waals surface area contributed by atoms with Crippen LogP contribution in [0.25, 0.3) is 22.2 Å². The number of alkyl halides is 3. The predicted molar refractivity (Wildman–Crippen MR) is 188 cm³/mol. The zero-order valence-electron chi connectivity index (χ0n) is 28.7. The maximum absolute atomic E-state index is 15.1. The van der Waals surface area contributed by atoms with Gasteiger partial charge in [0.25, 0.3) is 5.91 Å². The quantitative estimate of drug-likeness (QED) is 0.0984. The number of carbonyl (C=O) groups is 2. The first-order valence-electron chi connectivity index (χ1n) is 17.3. The van der Waals surface area contributed by atoms with Crippen LogP contribution in [0.15, 0.2) is 91.1 Å². The topological polar surface area (TPSA) is 123 Å². The Labute approximate surface area is 302 Å². The van der Waals surface area contributed by atoms with Gasteiger partial charge in [-0.15, -0.1) is 0 Å². The number of aliphatic hydroxyl groups is 1. The summed E-state index contributed by atoms with van der Waals surface area (Å²) in [7, 11) is 0. The molecule has 7 rings (SSSR count). The van der Waals surface area contributed by atoms with Gasteiger partial charge in [0.15, 0.2) is 0 Å². The number of aromatic nitrogens is 2. The smallest absolute Gasteiger partial charge is 0.424 e. The molecular formula is C40H36F4N4O5. The van der Waals surface area contributed by atoms with Crippen LogP contribution >= 0.6 is 0 Å². The van der Waals surface area contributed by atoms with Crippen LogP contribution in [0.1, 0.15) is 53.4 Å². The van der Waals surface area contributed by atoms with Crippen molar-refractivity contribution in [2.45, 2.75) is 55.9 Å². The van der Waals surface area contributed by atoms with E-state index in [9.17, 15) is 19.1 Å². The zero-order chi connectivity index (χ0) is 37.4. The molecule has 0 radical (unpaired) electrons. The Balaban J connectivity index is 1.21. The lowest BCUT2D eigenvalue weighted by molar-refractivity contribution is -0.265. The molecule has 2 amide bonds. The van der Waals surface area contributed by atoms with Crippen LogP contribution in [-0.2, 0) is 22.2 Å². The van der Waals surface area contributed by atoms with E-state index in [0.717, 1.165) is 36.6 Å². The number of benzene rings is 3. The van der Waals surface area contributed by atoms with E-state index >= 15 is 13.2 Å². The Hall–Kier alpha value is -5.56. The van der Waals surface area contributed by atoms with Gasteiger partial charge in [0.05, 0.1) is 18.3 Å². The van der Waals surface area contributed by atoms with Gasteiger partial charge in [-0.05, 0) is 86.7 Å². The summed E-state index contributed by atoms with van der Waals surface area (Å²) in [6.07, 6.45) is -0.860. The molecule has 1 saturated carbocycles. The Kier molecular flexibility index (Phi) is 9.54. The van der Waals surface area contributed by atoms with Crippen LogP contribution in [0.5, 0.6) is 11.5 Å². The van der Waals surface area contributed by atoms with Gasteiger partial charge in [0.1, 0.15) is 40.5 Å². The molecule has 3 N–H and O–H groups in total. The van der Waals surface area contributed by atoms with E-state index in [4.69, 9.17) is 9.47 Å². The van der Waals surface area contributed by atoms with E-state index in [0.29, 0.717) is 29.5 Å². The number of amides is 2. The molecule has 274 valence electrons. The summed E-state index contributed by atoms with van der Waals surface area (Å²) in [5, 5.41) is 17.2. The standard InChI is InChI=1S/C40H36F4N4O5/c1-38(37(50)46-18-5-9-24-7-3-2-4-8-24)23-52-35-30(38)21-32(48-34(35)25-11-13-28(41)14-12-25)39(51,40(42,43)44)22-47-36(49)27-19-26-10-6-17-45-33(26)31(20-27)53-29-15-16-29/h2-4,6-8,10-14,17,19-21,29,51H,5,9,15-16,18,22-23H2,1H3,(H,46,50)(H,47,49)/t38-,39?/m0/s1. The number of carbonyl (C=O) groups excluding carboxylic acids is 2. The van der Waals surface area contributed by atoms with Gasteiger partial charge >= 0.3 is 6.18 Å². The number of ether oxygens (including phenoxy) is 2. The lowest BCUT2D eigenvalue weighted by Crippen LogP contribution is -2.52. The fourth-order valence-corrected chi connectivity index (χ4v) is 6.31. The van der Waals surface area contributed by atoms with E-state index in [1.165, 1.54) is 31.2 Å². The van der Waals surface area contributed by atoms with Crippen molar-refractivity contribution in [2.75, 3.05) is 19.7 Å². The Morgan fingerprint density at radius 1 is 1.00 bits per heavy atom. The lowest BCUT2D eigenvalue weighted by Gasteiger charge is -2.31. The van der Waals surface area contributed by atoms with Crippen molar-refractivity contribution >= 4 is 22.7 Å². The number of halogens is 4. The van der Waals surface area contributed by atoms with Crippen LogP contribution in [-0.4, -0.2) is 58.9 Å². The van der Waals surface area contributed by atoms with Crippen LogP contribution in [0.3, 0.4) is 0 Å². The maximum atomic E-state index is 15.1. The summed E-state index contributed by atoms with van der Waals surface area (Å²) >= 11 is 0. The van der Waals surface area contributed by atoms with E-state index in [1.54, 1.807) is 18.3 Å². The van der Waals surface area contributed by atoms with Crippen molar-refractivity contribution < 1.29 is 41.7 Å². The summed E-state index contributed by atoms with van der Waals surface area (Å²) in [4.78, 5) is 35.8. The number of hydrogen-bond acceptors (Lipinski definition) is 7. The highest BCUT2D eigenvalue weighted by atomic mass is 19.4. The van der Waals surface area contributed by atoms with Gasteiger partial charge in [-0.25, -0.2) is 9.37 Å². The number of hydrogen-bond donors (Lipinski definition) is 3. The molecule has 2 aromatic heterocycles. The molecule has 5 aromatic rings. The van der Waals surface area contributed by atoms with E-state index in [-0.39, 0.29) is 47.4 Å². The minimum absolute atomic E-state index is 0.00417. The number of nitrogens with zero attached hydrogens (tertiary/aromatic N) is 2. The molecule has 2 atom stereocenters. The van der Waals surface area contributed by atoms with Gasteiger partial charge in [-0.1, -0.05) is 36.4 Å². The predicted octanol–water partition coefficient (Wildman–Crippen LogP) is 6.56. The first kappa shape index (κ1) is 35.8. The Morgan fingerprint density at radius 3 is 2.47 bits per heavy atom. The van der Waals surface area contributed by atoms with Crippen molar-refractivity contribution in [2.24, 2.45) is 0 Å². The van der Waals surface area contributed by atoms with Crippen molar-refractivity contribution in [3.8, 4) is 22.8 Å². The zero-order valence-corrected chi connectivity index (χ0v) is 28.7. The van der Waals surface area contributed by atoms with Crippen LogP contribution in [0.4, 0.5) is 17.6 Å². The molecular weight excluding hydrogens is 692 g/mol. The molecule has 1 unspecified atom stereocenters. The highest BCUT2D eigenvalue weighted by Crippen LogP contribution is 2.48. The first-order valence-corrected chi connectivity index (χ1v) is 17.3. The number of nitrogens with one attached hydrogen (secondary N) is 2. The summed E-state index contributed by atoms with van der Waals surface area (Å²) in [6.45, 7) is 0.276. The fourth-order valence-electron chi connectivity index (χ4n) is 6.31. The van der Waals surface area contributed by atoms with Gasteiger partial charge in [-0.3, -0.25) is 14.6 Å². The third-order valence-corrected chi connectivity index (χ3v) is 9.61. The van der Waals surface area contributed by atoms with E-state index in [1.807, 2.05) is 30.3 Å². The molecule has 1 fully saturated rings. The number of fused-ring (bicyclic) bond motifs is 2. The van der Waals surface area contributed by atoms with Crippen molar-refractivity contribution in [3.63, 3.8) is 0 Å². The van der Waals surface area contributed by atoms with Gasteiger partial charge in [0.2, 0.25) is 11.5 Å². The molecule has 53 heavy (non-hydrogen) atoms. The molecule has 0 saturated heterocycles. The summed E-state index contributed by atoms with van der Waals surface area (Å²) < 4.78 is 71.0. The van der Waals surface area contributed by atoms with E-state index in [2.05, 4.69) is 20.6 Å². The van der Waals surface area contributed by atoms with Gasteiger partial charge in [-0.2, -0.15) is 13.2 Å². The molecule has 2 aliphatic rings. The molecule has 3 aromatic carbocycles. The number of pyridine rings is 2. The number of rotatable bonds is 12. The second-order valence-electron chi connectivity index (χ2n) is 13.6. The second kappa shape index (κ2) is 14.1. The Bertz CT molecular complexity index is 2160. The summed E-state index contributed by atoms with van der Waals surface area (Å²) in [5.41, 5.74) is -4.37. The van der Waals surface area contributed by atoms with Crippen LogP contribution in [0, 0.1) is 5.82 Å². The average molecular weight is 729 g/mol. The maximum Gasteiger partial charge on any atom is 0.424 e. The highest BCUT2D eigenvalue weighted by Gasteiger charge is 2.58. The van der Waals surface area contributed by atoms with Gasteiger partial charge < -0.3 is 25.2 Å². The first-order chi connectivity index (χ1) is 25.4. The van der Waals surface area contributed by atoms with Crippen molar-refractivity contribution in [3.05, 3.63) is 119 Å². The summed E-state index contributed by atoms with van der Waals surface area (Å²) in [5.74, 6) is -1.63. The van der Waals surface area contributed by atoms with Crippen LogP contribution < -0.4 is 20.1 Å². The van der Waals surface area contributed by atoms with E-state index < -0.39 is 47.1 Å². The number of aryl methyl sites for hydroxylation is 1. The summed E-state index contributed by atoms with van der Waals surface area (Å²) in [6, 6.07) is 21.8. The minimum Gasteiger partial charge on any atom is -0.489 e. The molecule has 0 bridgehead atoms. The molecule has 1 aliphatic carbocycles. The van der Waals surface area contributed by atoms with Crippen LogP contribution in [0.2, 0.25) is 0 Å². The normalized spacial score (nSPS) is 17.8. The molecule has 13 heteroatoms.